The van der Waals surface area contributed by atoms with Gasteiger partial charge in [-0.25, -0.2) is 9.49 Å². The van der Waals surface area contributed by atoms with Crippen molar-refractivity contribution in [2.45, 2.75) is 27.0 Å². The fourth-order valence-corrected chi connectivity index (χ4v) is 2.71. The second-order valence-corrected chi connectivity index (χ2v) is 5.75. The lowest BCUT2D eigenvalue weighted by molar-refractivity contribution is 0.0995. The summed E-state index contributed by atoms with van der Waals surface area (Å²) in [7, 11) is 0. The minimum atomic E-state index is -0.402. The number of fused-ring (bicyclic) bond motifs is 1. The summed E-state index contributed by atoms with van der Waals surface area (Å²) in [6.45, 7) is 4.53. The number of halogens is 1. The summed E-state index contributed by atoms with van der Waals surface area (Å²) in [4.78, 5) is 29.1. The van der Waals surface area contributed by atoms with Crippen molar-refractivity contribution < 1.29 is 13.9 Å². The summed E-state index contributed by atoms with van der Waals surface area (Å²) < 4.78 is 18.5. The summed E-state index contributed by atoms with van der Waals surface area (Å²) in [6.07, 6.45) is 1.13. The number of hydrogen-bond acceptors (Lipinski definition) is 5. The third-order valence-corrected chi connectivity index (χ3v) is 4.00. The van der Waals surface area contributed by atoms with Crippen LogP contribution >= 0.6 is 0 Å². The quantitative estimate of drug-likeness (QED) is 0.749. The van der Waals surface area contributed by atoms with Crippen molar-refractivity contribution in [1.29, 1.82) is 0 Å². The number of carbonyl (C=O) groups is 1. The lowest BCUT2D eigenvalue weighted by Crippen LogP contribution is -2.25. The minimum Gasteiger partial charge on any atom is -0.487 e. The van der Waals surface area contributed by atoms with E-state index in [4.69, 9.17) is 4.74 Å². The number of rotatable bonds is 4. The molecule has 8 heteroatoms. The average molecular weight is 382 g/mol. The van der Waals surface area contributed by atoms with Crippen LogP contribution in [-0.4, -0.2) is 21.1 Å². The molecule has 0 saturated carbocycles. The smallest absolute Gasteiger partial charge is 0.264 e. The number of carbonyl (C=O) groups excluding carboxylic acids is 1. The molecule has 3 aromatic rings. The molecule has 28 heavy (non-hydrogen) atoms. The van der Waals surface area contributed by atoms with Gasteiger partial charge in [0.15, 0.2) is 5.82 Å². The van der Waals surface area contributed by atoms with Gasteiger partial charge in [0.2, 0.25) is 0 Å². The number of benzene rings is 1. The number of H-pyrrole nitrogens is 1. The number of nitrogens with one attached hydrogen (secondary N) is 1. The van der Waals surface area contributed by atoms with Gasteiger partial charge in [0.1, 0.15) is 18.2 Å². The molecule has 0 atom stereocenters. The number of aromatic nitrogens is 3. The third-order valence-electron chi connectivity index (χ3n) is 4.00. The van der Waals surface area contributed by atoms with E-state index in [-0.39, 0.29) is 18.1 Å². The number of ether oxygens (including phenoxy) is 1. The second-order valence-electron chi connectivity index (χ2n) is 5.75. The highest BCUT2D eigenvalue weighted by Gasteiger charge is 2.29. The van der Waals surface area contributed by atoms with Crippen molar-refractivity contribution in [3.05, 3.63) is 81.7 Å². The summed E-state index contributed by atoms with van der Waals surface area (Å²) >= 11 is 0. The first-order chi connectivity index (χ1) is 13.6. The molecule has 0 radical (unpaired) electrons. The summed E-state index contributed by atoms with van der Waals surface area (Å²) in [5, 5.41) is 6.22. The zero-order chi connectivity index (χ0) is 20.1. The lowest BCUT2D eigenvalue weighted by atomic mass is 10.1. The molecule has 0 unspecified atom stereocenters. The Hall–Kier alpha value is -3.55. The first kappa shape index (κ1) is 19.2. The maximum absolute atomic E-state index is 12.9. The Kier molecular flexibility index (Phi) is 5.78. The van der Waals surface area contributed by atoms with Crippen LogP contribution in [0.5, 0.6) is 5.75 Å². The van der Waals surface area contributed by atoms with E-state index < -0.39 is 5.82 Å². The Balaban J connectivity index is 0.00000109. The first-order valence-electron chi connectivity index (χ1n) is 8.84. The number of anilines is 1. The normalized spacial score (nSPS) is 12.2. The van der Waals surface area contributed by atoms with Crippen molar-refractivity contribution in [3.8, 4) is 5.75 Å². The molecule has 1 aliphatic rings. The number of aromatic amines is 1. The summed E-state index contributed by atoms with van der Waals surface area (Å²) in [6, 6.07) is 10.9. The first-order valence-corrected chi connectivity index (χ1v) is 8.84. The fourth-order valence-electron chi connectivity index (χ4n) is 2.71. The van der Waals surface area contributed by atoms with Crippen LogP contribution in [0.1, 0.15) is 35.5 Å². The van der Waals surface area contributed by atoms with Gasteiger partial charge in [-0.2, -0.15) is 5.10 Å². The Morgan fingerprint density at radius 1 is 1.14 bits per heavy atom. The van der Waals surface area contributed by atoms with Gasteiger partial charge in [0.25, 0.3) is 11.5 Å². The number of nitrogens with zero attached hydrogens (tertiary/aromatic N) is 3. The molecule has 0 saturated heterocycles. The van der Waals surface area contributed by atoms with Crippen molar-refractivity contribution in [3.63, 3.8) is 0 Å². The number of amides is 1. The zero-order valence-corrected chi connectivity index (χ0v) is 15.5. The maximum Gasteiger partial charge on any atom is 0.264 e. The van der Waals surface area contributed by atoms with Crippen LogP contribution in [0.2, 0.25) is 0 Å². The van der Waals surface area contributed by atoms with Crippen LogP contribution in [0.3, 0.4) is 0 Å². The van der Waals surface area contributed by atoms with Crippen LogP contribution in [0, 0.1) is 5.82 Å². The van der Waals surface area contributed by atoms with Crippen LogP contribution in [0.15, 0.2) is 53.5 Å². The predicted octanol–water partition coefficient (Wildman–Crippen LogP) is 3.07. The minimum absolute atomic E-state index is 0.189. The molecular formula is C20H19FN4O3. The van der Waals surface area contributed by atoms with E-state index in [1.807, 2.05) is 13.8 Å². The average Bonchev–Trinajstić information content (AvgIpc) is 3.06. The monoisotopic (exact) mass is 382 g/mol. The Bertz CT molecular complexity index is 1010. The van der Waals surface area contributed by atoms with E-state index in [1.165, 1.54) is 23.1 Å². The van der Waals surface area contributed by atoms with Crippen LogP contribution in [0.4, 0.5) is 10.2 Å². The third kappa shape index (κ3) is 4.06. The van der Waals surface area contributed by atoms with E-state index in [1.54, 1.807) is 24.3 Å². The molecule has 1 N–H and O–H groups in total. The van der Waals surface area contributed by atoms with E-state index in [0.717, 1.165) is 11.8 Å². The molecule has 0 aliphatic carbocycles. The Labute approximate surface area is 160 Å². The number of pyridine rings is 1. The Morgan fingerprint density at radius 2 is 1.96 bits per heavy atom. The molecule has 1 amide bonds. The molecule has 0 fully saturated rings. The maximum atomic E-state index is 12.9. The fraction of sp³-hybridized carbons (Fsp3) is 0.200. The lowest BCUT2D eigenvalue weighted by Gasteiger charge is -2.12. The molecule has 0 bridgehead atoms. The van der Waals surface area contributed by atoms with Crippen molar-refractivity contribution in [2.24, 2.45) is 0 Å². The van der Waals surface area contributed by atoms with Crippen molar-refractivity contribution >= 4 is 11.7 Å². The Morgan fingerprint density at radius 3 is 2.64 bits per heavy atom. The molecule has 7 nitrogen and oxygen atoms in total. The highest BCUT2D eigenvalue weighted by molar-refractivity contribution is 6.09. The molecular weight excluding hydrogens is 363 g/mol. The van der Waals surface area contributed by atoms with Gasteiger partial charge in [-0.15, -0.1) is 0 Å². The highest BCUT2D eigenvalue weighted by Crippen LogP contribution is 2.29. The van der Waals surface area contributed by atoms with Gasteiger partial charge in [-0.3, -0.25) is 19.5 Å². The number of hydrogen-bond donors (Lipinski definition) is 1. The van der Waals surface area contributed by atoms with Gasteiger partial charge in [0.05, 0.1) is 18.4 Å². The topological polar surface area (TPSA) is 88.2 Å². The molecule has 3 heterocycles. The molecule has 1 aromatic carbocycles. The molecule has 144 valence electrons. The van der Waals surface area contributed by atoms with E-state index in [2.05, 4.69) is 15.2 Å². The largest absolute Gasteiger partial charge is 0.487 e. The molecule has 2 aromatic heterocycles. The zero-order valence-electron chi connectivity index (χ0n) is 15.5. The van der Waals surface area contributed by atoms with E-state index >= 15 is 0 Å². The van der Waals surface area contributed by atoms with Crippen LogP contribution < -0.4 is 15.2 Å². The van der Waals surface area contributed by atoms with Crippen molar-refractivity contribution in [1.82, 2.24) is 15.2 Å². The SMILES string of the molecule is CC.O=C1c2ccc(OCc3ccc(F)cn3)cc2CN1c1ccc(=O)[nH]n1. The second kappa shape index (κ2) is 8.43. The van der Waals surface area contributed by atoms with Gasteiger partial charge in [-0.05, 0) is 42.0 Å². The molecule has 4 rings (SSSR count). The van der Waals surface area contributed by atoms with Gasteiger partial charge >= 0.3 is 0 Å². The summed E-state index contributed by atoms with van der Waals surface area (Å²) in [5.74, 6) is 0.370. The van der Waals surface area contributed by atoms with Crippen LogP contribution in [0.25, 0.3) is 0 Å². The highest BCUT2D eigenvalue weighted by atomic mass is 19.1. The predicted molar refractivity (Wildman–Crippen MR) is 102 cm³/mol. The standard InChI is InChI=1S/C18H13FN4O3.C2H6/c19-12-1-2-13(20-8-12)10-26-14-3-4-15-11(7-14)9-23(18(15)25)16-5-6-17(24)22-21-16;1-2/h1-8H,9-10H2,(H,22,24);1-2H3. The van der Waals surface area contributed by atoms with Crippen molar-refractivity contribution in [2.75, 3.05) is 4.90 Å². The van der Waals surface area contributed by atoms with E-state index in [9.17, 15) is 14.0 Å². The van der Waals surface area contributed by atoms with Gasteiger partial charge in [-0.1, -0.05) is 13.8 Å². The summed E-state index contributed by atoms with van der Waals surface area (Å²) in [5.41, 5.74) is 1.63. The van der Waals surface area contributed by atoms with Gasteiger partial charge < -0.3 is 4.74 Å². The molecule has 0 spiro atoms. The van der Waals surface area contributed by atoms with Gasteiger partial charge in [0, 0.05) is 11.6 Å². The van der Waals surface area contributed by atoms with E-state index in [0.29, 0.717) is 29.4 Å². The van der Waals surface area contributed by atoms with Crippen LogP contribution in [-0.2, 0) is 13.2 Å². The molecule has 1 aliphatic heterocycles.